The molecule has 4 nitrogen and oxygen atoms in total. The van der Waals surface area contributed by atoms with Gasteiger partial charge in [-0.1, -0.05) is 0 Å². The molecule has 1 aliphatic heterocycles. The predicted molar refractivity (Wildman–Crippen MR) is 71.1 cm³/mol. The molecule has 2 rings (SSSR count). The van der Waals surface area contributed by atoms with Gasteiger partial charge in [0.25, 0.3) is 0 Å². The molecule has 0 saturated carbocycles. The number of nitrogens with zero attached hydrogens (tertiary/aromatic N) is 3. The molecule has 1 saturated heterocycles. The molecule has 94 valence electrons. The monoisotopic (exact) mass is 273 g/mol. The molecule has 6 heteroatoms. The second-order valence-corrected chi connectivity index (χ2v) is 5.16. The van der Waals surface area contributed by atoms with Crippen LogP contribution in [0.2, 0.25) is 0 Å². The van der Waals surface area contributed by atoms with Crippen molar-refractivity contribution in [1.82, 2.24) is 9.97 Å². The van der Waals surface area contributed by atoms with Gasteiger partial charge in [0.15, 0.2) is 0 Å². The van der Waals surface area contributed by atoms with Crippen molar-refractivity contribution in [2.45, 2.75) is 24.1 Å². The molecule has 0 spiro atoms. The third-order valence-corrected chi connectivity index (χ3v) is 3.79. The van der Waals surface area contributed by atoms with Crippen LogP contribution in [0.4, 0.5) is 5.82 Å². The van der Waals surface area contributed by atoms with Gasteiger partial charge in [0.1, 0.15) is 17.2 Å². The number of anilines is 1. The van der Waals surface area contributed by atoms with Crippen LogP contribution < -0.4 is 4.90 Å². The van der Waals surface area contributed by atoms with Crippen LogP contribution in [0.5, 0.6) is 0 Å². The predicted octanol–water partition coefficient (Wildman–Crippen LogP) is 2.03. The fourth-order valence-corrected chi connectivity index (χ4v) is 2.39. The van der Waals surface area contributed by atoms with Gasteiger partial charge in [-0.3, -0.25) is 0 Å². The second-order valence-electron chi connectivity index (χ2n) is 4.03. The average molecular weight is 274 g/mol. The summed E-state index contributed by atoms with van der Waals surface area (Å²) in [5.41, 5.74) is 0. The molecule has 0 bridgehead atoms. The molecule has 0 radical (unpaired) electrons. The highest BCUT2D eigenvalue weighted by atomic mass is 35.5. The Kier molecular flexibility index (Phi) is 4.48. The van der Waals surface area contributed by atoms with Crippen molar-refractivity contribution in [3.63, 3.8) is 0 Å². The Morgan fingerprint density at radius 2 is 2.41 bits per heavy atom. The standard InChI is InChI=1S/C11H16ClN3OS/c1-8-6-16-9(4-12)5-15(8)10-3-11(17-2)14-7-13-10/h3,7-9H,4-6H2,1-2H3. The summed E-state index contributed by atoms with van der Waals surface area (Å²) in [6.45, 7) is 3.61. The minimum atomic E-state index is 0.0839. The first-order valence-corrected chi connectivity index (χ1v) is 7.30. The van der Waals surface area contributed by atoms with E-state index < -0.39 is 0 Å². The molecule has 0 aromatic carbocycles. The maximum Gasteiger partial charge on any atom is 0.133 e. The van der Waals surface area contributed by atoms with E-state index in [-0.39, 0.29) is 6.10 Å². The summed E-state index contributed by atoms with van der Waals surface area (Å²) in [6, 6.07) is 2.33. The van der Waals surface area contributed by atoms with Crippen molar-refractivity contribution in [2.24, 2.45) is 0 Å². The summed E-state index contributed by atoms with van der Waals surface area (Å²) >= 11 is 7.47. The zero-order chi connectivity index (χ0) is 12.3. The van der Waals surface area contributed by atoms with Gasteiger partial charge in [0, 0.05) is 12.6 Å². The third kappa shape index (κ3) is 3.03. The van der Waals surface area contributed by atoms with E-state index in [1.165, 1.54) is 0 Å². The van der Waals surface area contributed by atoms with Crippen molar-refractivity contribution < 1.29 is 4.74 Å². The number of rotatable bonds is 3. The molecule has 17 heavy (non-hydrogen) atoms. The van der Waals surface area contributed by atoms with Crippen molar-refractivity contribution in [2.75, 3.05) is 30.2 Å². The zero-order valence-electron chi connectivity index (χ0n) is 9.97. The zero-order valence-corrected chi connectivity index (χ0v) is 11.5. The van der Waals surface area contributed by atoms with Crippen LogP contribution in [0.3, 0.4) is 0 Å². The van der Waals surface area contributed by atoms with Gasteiger partial charge in [-0.15, -0.1) is 23.4 Å². The summed E-state index contributed by atoms with van der Waals surface area (Å²) < 4.78 is 5.63. The fourth-order valence-electron chi connectivity index (χ4n) is 1.83. The van der Waals surface area contributed by atoms with E-state index in [2.05, 4.69) is 21.8 Å². The molecule has 2 heterocycles. The Morgan fingerprint density at radius 3 is 3.12 bits per heavy atom. The smallest absolute Gasteiger partial charge is 0.133 e. The van der Waals surface area contributed by atoms with E-state index in [1.807, 2.05) is 12.3 Å². The largest absolute Gasteiger partial charge is 0.373 e. The molecule has 0 amide bonds. The van der Waals surface area contributed by atoms with Gasteiger partial charge in [-0.05, 0) is 13.2 Å². The number of thioether (sulfide) groups is 1. The van der Waals surface area contributed by atoms with Crippen LogP contribution in [0.1, 0.15) is 6.92 Å². The lowest BCUT2D eigenvalue weighted by atomic mass is 10.2. The summed E-state index contributed by atoms with van der Waals surface area (Å²) in [7, 11) is 0. The highest BCUT2D eigenvalue weighted by Crippen LogP contribution is 2.22. The summed E-state index contributed by atoms with van der Waals surface area (Å²) in [5.74, 6) is 1.47. The summed E-state index contributed by atoms with van der Waals surface area (Å²) in [6.07, 6.45) is 3.70. The van der Waals surface area contributed by atoms with Gasteiger partial charge in [0.05, 0.1) is 24.6 Å². The number of hydrogen-bond acceptors (Lipinski definition) is 5. The van der Waals surface area contributed by atoms with Crippen molar-refractivity contribution >= 4 is 29.2 Å². The number of aromatic nitrogens is 2. The number of halogens is 1. The lowest BCUT2D eigenvalue weighted by molar-refractivity contribution is 0.0361. The molecular formula is C11H16ClN3OS. The van der Waals surface area contributed by atoms with E-state index in [9.17, 15) is 0 Å². The van der Waals surface area contributed by atoms with Gasteiger partial charge in [-0.25, -0.2) is 9.97 Å². The van der Waals surface area contributed by atoms with E-state index in [1.54, 1.807) is 18.1 Å². The van der Waals surface area contributed by atoms with Gasteiger partial charge < -0.3 is 9.64 Å². The van der Waals surface area contributed by atoms with Crippen molar-refractivity contribution in [3.8, 4) is 0 Å². The van der Waals surface area contributed by atoms with Crippen LogP contribution in [0, 0.1) is 0 Å². The lowest BCUT2D eigenvalue weighted by Crippen LogP contribution is -2.49. The highest BCUT2D eigenvalue weighted by Gasteiger charge is 2.26. The molecule has 1 aliphatic rings. The lowest BCUT2D eigenvalue weighted by Gasteiger charge is -2.38. The molecule has 0 N–H and O–H groups in total. The van der Waals surface area contributed by atoms with Crippen LogP contribution in [-0.4, -0.2) is 47.4 Å². The van der Waals surface area contributed by atoms with Crippen LogP contribution in [-0.2, 0) is 4.74 Å². The number of alkyl halides is 1. The third-order valence-electron chi connectivity index (χ3n) is 2.81. The fraction of sp³-hybridized carbons (Fsp3) is 0.636. The maximum absolute atomic E-state index is 5.85. The molecule has 2 atom stereocenters. The first kappa shape index (κ1) is 12.9. The minimum absolute atomic E-state index is 0.0839. The second kappa shape index (κ2) is 5.89. The van der Waals surface area contributed by atoms with Gasteiger partial charge in [-0.2, -0.15) is 0 Å². The van der Waals surface area contributed by atoms with Crippen molar-refractivity contribution in [3.05, 3.63) is 12.4 Å². The molecular weight excluding hydrogens is 258 g/mol. The molecule has 2 unspecified atom stereocenters. The van der Waals surface area contributed by atoms with E-state index in [0.29, 0.717) is 18.5 Å². The van der Waals surface area contributed by atoms with E-state index in [0.717, 1.165) is 17.4 Å². The van der Waals surface area contributed by atoms with Gasteiger partial charge in [0.2, 0.25) is 0 Å². The molecule has 1 aromatic rings. The molecule has 0 aliphatic carbocycles. The Bertz CT molecular complexity index is 379. The number of morpholine rings is 1. The van der Waals surface area contributed by atoms with E-state index >= 15 is 0 Å². The van der Waals surface area contributed by atoms with Gasteiger partial charge >= 0.3 is 0 Å². The van der Waals surface area contributed by atoms with Crippen molar-refractivity contribution in [1.29, 1.82) is 0 Å². The van der Waals surface area contributed by atoms with Crippen LogP contribution >= 0.6 is 23.4 Å². The summed E-state index contributed by atoms with van der Waals surface area (Å²) in [5, 5.41) is 0.983. The number of hydrogen-bond donors (Lipinski definition) is 0. The van der Waals surface area contributed by atoms with E-state index in [4.69, 9.17) is 16.3 Å². The summed E-state index contributed by atoms with van der Waals surface area (Å²) in [4.78, 5) is 10.8. The SMILES string of the molecule is CSc1cc(N2CC(CCl)OCC2C)ncn1. The van der Waals surface area contributed by atoms with Crippen LogP contribution in [0.15, 0.2) is 17.4 Å². The quantitative estimate of drug-likeness (QED) is 0.479. The Balaban J connectivity index is 2.18. The molecule has 1 fully saturated rings. The maximum atomic E-state index is 5.85. The highest BCUT2D eigenvalue weighted by molar-refractivity contribution is 7.98. The first-order chi connectivity index (χ1) is 8.24. The Labute approximate surface area is 111 Å². The number of ether oxygens (including phenoxy) is 1. The first-order valence-electron chi connectivity index (χ1n) is 5.55. The van der Waals surface area contributed by atoms with Crippen LogP contribution in [0.25, 0.3) is 0 Å². The average Bonchev–Trinajstić information content (AvgIpc) is 2.39. The minimum Gasteiger partial charge on any atom is -0.373 e. The molecule has 1 aromatic heterocycles. The topological polar surface area (TPSA) is 38.2 Å². The Morgan fingerprint density at radius 1 is 1.59 bits per heavy atom. The Hall–Kier alpha value is -0.520. The normalized spacial score (nSPS) is 25.0.